The normalized spacial score (nSPS) is 19.7. The first-order chi connectivity index (χ1) is 9.31. The molecule has 19 heavy (non-hydrogen) atoms. The quantitative estimate of drug-likeness (QED) is 0.914. The van der Waals surface area contributed by atoms with Crippen LogP contribution in [0.3, 0.4) is 0 Å². The van der Waals surface area contributed by atoms with E-state index in [0.29, 0.717) is 5.92 Å². The van der Waals surface area contributed by atoms with Crippen molar-refractivity contribution in [1.82, 2.24) is 9.88 Å². The second-order valence-electron chi connectivity index (χ2n) is 5.22. The van der Waals surface area contributed by atoms with E-state index in [9.17, 15) is 0 Å². The molecule has 1 aliphatic heterocycles. The number of nitrogen functional groups attached to an aromatic ring is 1. The van der Waals surface area contributed by atoms with E-state index in [2.05, 4.69) is 46.3 Å². The second-order valence-corrected chi connectivity index (χ2v) is 5.22. The largest absolute Gasteiger partial charge is 0.397 e. The molecule has 0 amide bonds. The molecule has 2 aromatic rings. The third-order valence-corrected chi connectivity index (χ3v) is 3.75. The standard InChI is InChI=1S/C16H19N3/c17-15-6-7-16(18-10-15)14-8-9-19(12-14)11-13-4-2-1-3-5-13/h1-7,10,14H,8-9,11-12,17H2. The maximum atomic E-state index is 5.68. The molecule has 3 rings (SSSR count). The van der Waals surface area contributed by atoms with Crippen LogP contribution in [0.25, 0.3) is 0 Å². The van der Waals surface area contributed by atoms with Gasteiger partial charge in [0.2, 0.25) is 0 Å². The summed E-state index contributed by atoms with van der Waals surface area (Å²) >= 11 is 0. The van der Waals surface area contributed by atoms with Gasteiger partial charge in [-0.3, -0.25) is 9.88 Å². The maximum absolute atomic E-state index is 5.68. The average molecular weight is 253 g/mol. The summed E-state index contributed by atoms with van der Waals surface area (Å²) in [4.78, 5) is 6.95. The van der Waals surface area contributed by atoms with Crippen molar-refractivity contribution in [3.8, 4) is 0 Å². The lowest BCUT2D eigenvalue weighted by Gasteiger charge is -2.16. The molecule has 0 radical (unpaired) electrons. The molecule has 1 saturated heterocycles. The van der Waals surface area contributed by atoms with E-state index >= 15 is 0 Å². The van der Waals surface area contributed by atoms with Gasteiger partial charge in [-0.1, -0.05) is 30.3 Å². The summed E-state index contributed by atoms with van der Waals surface area (Å²) in [5.74, 6) is 0.546. The van der Waals surface area contributed by atoms with Crippen molar-refractivity contribution in [2.45, 2.75) is 18.9 Å². The monoisotopic (exact) mass is 253 g/mol. The summed E-state index contributed by atoms with van der Waals surface area (Å²) < 4.78 is 0. The lowest BCUT2D eigenvalue weighted by molar-refractivity contribution is 0.326. The van der Waals surface area contributed by atoms with Crippen LogP contribution < -0.4 is 5.73 Å². The molecule has 1 aromatic carbocycles. The topological polar surface area (TPSA) is 42.1 Å². The van der Waals surface area contributed by atoms with E-state index in [-0.39, 0.29) is 0 Å². The van der Waals surface area contributed by atoms with E-state index in [1.165, 1.54) is 17.7 Å². The summed E-state index contributed by atoms with van der Waals surface area (Å²) in [5, 5.41) is 0. The number of nitrogens with two attached hydrogens (primary N) is 1. The molecule has 1 aromatic heterocycles. The molecule has 1 fully saturated rings. The first kappa shape index (κ1) is 12.2. The predicted molar refractivity (Wildman–Crippen MR) is 77.7 cm³/mol. The van der Waals surface area contributed by atoms with Gasteiger partial charge in [0.15, 0.2) is 0 Å². The highest BCUT2D eigenvalue weighted by Crippen LogP contribution is 2.27. The van der Waals surface area contributed by atoms with Crippen LogP contribution in [0.15, 0.2) is 48.7 Å². The van der Waals surface area contributed by atoms with Crippen LogP contribution >= 0.6 is 0 Å². The van der Waals surface area contributed by atoms with Gasteiger partial charge in [0.05, 0.1) is 11.9 Å². The predicted octanol–water partition coefficient (Wildman–Crippen LogP) is 2.65. The zero-order chi connectivity index (χ0) is 13.1. The van der Waals surface area contributed by atoms with Crippen molar-refractivity contribution in [3.05, 3.63) is 59.9 Å². The molecule has 1 aliphatic rings. The lowest BCUT2D eigenvalue weighted by atomic mass is 10.0. The molecule has 0 spiro atoms. The first-order valence-electron chi connectivity index (χ1n) is 6.79. The van der Waals surface area contributed by atoms with Gasteiger partial charge in [0.1, 0.15) is 0 Å². The van der Waals surface area contributed by atoms with Crippen molar-refractivity contribution >= 4 is 5.69 Å². The number of pyridine rings is 1. The fourth-order valence-corrected chi connectivity index (χ4v) is 2.72. The number of rotatable bonds is 3. The van der Waals surface area contributed by atoms with Gasteiger partial charge in [-0.15, -0.1) is 0 Å². The van der Waals surface area contributed by atoms with Gasteiger partial charge < -0.3 is 5.73 Å². The minimum atomic E-state index is 0.546. The van der Waals surface area contributed by atoms with E-state index in [0.717, 1.165) is 25.3 Å². The van der Waals surface area contributed by atoms with Crippen LogP contribution in [0, 0.1) is 0 Å². The first-order valence-corrected chi connectivity index (χ1v) is 6.79. The summed E-state index contributed by atoms with van der Waals surface area (Å²) in [5.41, 5.74) is 8.97. The number of hydrogen-bond donors (Lipinski definition) is 1. The summed E-state index contributed by atoms with van der Waals surface area (Å²) in [6.07, 6.45) is 2.94. The highest BCUT2D eigenvalue weighted by molar-refractivity contribution is 5.35. The number of nitrogens with zero attached hydrogens (tertiary/aromatic N) is 2. The van der Waals surface area contributed by atoms with Gasteiger partial charge in [0.25, 0.3) is 0 Å². The van der Waals surface area contributed by atoms with E-state index in [1.807, 2.05) is 6.07 Å². The van der Waals surface area contributed by atoms with E-state index in [4.69, 9.17) is 5.73 Å². The molecule has 1 unspecified atom stereocenters. The molecule has 0 bridgehead atoms. The number of anilines is 1. The molecular weight excluding hydrogens is 234 g/mol. The minimum Gasteiger partial charge on any atom is -0.397 e. The molecule has 0 aliphatic carbocycles. The minimum absolute atomic E-state index is 0.546. The lowest BCUT2D eigenvalue weighted by Crippen LogP contribution is -2.19. The zero-order valence-electron chi connectivity index (χ0n) is 11.0. The average Bonchev–Trinajstić information content (AvgIpc) is 2.89. The second kappa shape index (κ2) is 5.41. The van der Waals surface area contributed by atoms with Crippen molar-refractivity contribution < 1.29 is 0 Å². The number of likely N-dealkylation sites (tertiary alicyclic amines) is 1. The SMILES string of the molecule is Nc1ccc(C2CCN(Cc3ccccc3)C2)nc1. The van der Waals surface area contributed by atoms with Gasteiger partial charge in [-0.2, -0.15) is 0 Å². The van der Waals surface area contributed by atoms with Crippen molar-refractivity contribution in [2.75, 3.05) is 18.8 Å². The van der Waals surface area contributed by atoms with Crippen LogP contribution in [-0.2, 0) is 6.54 Å². The van der Waals surface area contributed by atoms with E-state index < -0.39 is 0 Å². The third-order valence-electron chi connectivity index (χ3n) is 3.75. The number of hydrogen-bond acceptors (Lipinski definition) is 3. The summed E-state index contributed by atoms with van der Waals surface area (Å²) in [6, 6.07) is 14.7. The molecular formula is C16H19N3. The Balaban J connectivity index is 1.62. The highest BCUT2D eigenvalue weighted by atomic mass is 15.1. The van der Waals surface area contributed by atoms with Crippen LogP contribution in [0.5, 0.6) is 0 Å². The van der Waals surface area contributed by atoms with Crippen LogP contribution in [-0.4, -0.2) is 23.0 Å². The smallest absolute Gasteiger partial charge is 0.0501 e. The number of aromatic nitrogens is 1. The maximum Gasteiger partial charge on any atom is 0.0501 e. The zero-order valence-corrected chi connectivity index (χ0v) is 11.0. The van der Waals surface area contributed by atoms with Crippen LogP contribution in [0.2, 0.25) is 0 Å². The summed E-state index contributed by atoms with van der Waals surface area (Å²) in [6.45, 7) is 3.27. The highest BCUT2D eigenvalue weighted by Gasteiger charge is 2.24. The van der Waals surface area contributed by atoms with Gasteiger partial charge in [0, 0.05) is 24.7 Å². The molecule has 3 nitrogen and oxygen atoms in total. The Morgan fingerprint density at radius 3 is 2.74 bits per heavy atom. The van der Waals surface area contributed by atoms with Gasteiger partial charge >= 0.3 is 0 Å². The van der Waals surface area contributed by atoms with Crippen molar-refractivity contribution in [1.29, 1.82) is 0 Å². The summed E-state index contributed by atoms with van der Waals surface area (Å²) in [7, 11) is 0. The molecule has 98 valence electrons. The molecule has 2 heterocycles. The fraction of sp³-hybridized carbons (Fsp3) is 0.312. The Morgan fingerprint density at radius 1 is 1.16 bits per heavy atom. The molecule has 1 atom stereocenters. The fourth-order valence-electron chi connectivity index (χ4n) is 2.72. The van der Waals surface area contributed by atoms with Gasteiger partial charge in [-0.25, -0.2) is 0 Å². The Morgan fingerprint density at radius 2 is 2.00 bits per heavy atom. The number of benzene rings is 1. The molecule has 0 saturated carbocycles. The Bertz CT molecular complexity index is 521. The van der Waals surface area contributed by atoms with Crippen molar-refractivity contribution in [3.63, 3.8) is 0 Å². The van der Waals surface area contributed by atoms with E-state index in [1.54, 1.807) is 6.20 Å². The Labute approximate surface area is 114 Å². The van der Waals surface area contributed by atoms with Crippen LogP contribution in [0.1, 0.15) is 23.6 Å². The Kier molecular flexibility index (Phi) is 3.47. The van der Waals surface area contributed by atoms with Crippen molar-refractivity contribution in [2.24, 2.45) is 0 Å². The molecule has 2 N–H and O–H groups in total. The Hall–Kier alpha value is -1.87. The van der Waals surface area contributed by atoms with Gasteiger partial charge in [-0.05, 0) is 30.7 Å². The van der Waals surface area contributed by atoms with Crippen LogP contribution in [0.4, 0.5) is 5.69 Å². The molecule has 3 heteroatoms. The third kappa shape index (κ3) is 2.93.